The van der Waals surface area contributed by atoms with E-state index in [1.165, 1.54) is 12.1 Å². The SMILES string of the molecule is O=c1c(Oc2ccccc2Br)c(C(F)(F)F)oc2c3c(ccc12)OCN(C1CC1)C3. The molecule has 30 heavy (non-hydrogen) atoms. The summed E-state index contributed by atoms with van der Waals surface area (Å²) in [4.78, 5) is 15.1. The van der Waals surface area contributed by atoms with Gasteiger partial charge in [-0.15, -0.1) is 0 Å². The van der Waals surface area contributed by atoms with E-state index in [9.17, 15) is 18.0 Å². The molecule has 0 bridgehead atoms. The molecule has 1 aliphatic heterocycles. The summed E-state index contributed by atoms with van der Waals surface area (Å²) in [5, 5.41) is 0.0186. The minimum atomic E-state index is -4.92. The summed E-state index contributed by atoms with van der Waals surface area (Å²) in [6.45, 7) is 0.727. The summed E-state index contributed by atoms with van der Waals surface area (Å²) < 4.78 is 58.4. The van der Waals surface area contributed by atoms with Crippen molar-refractivity contribution in [1.82, 2.24) is 4.90 Å². The number of hydrogen-bond donors (Lipinski definition) is 0. The molecular weight excluding hydrogens is 467 g/mol. The zero-order valence-corrected chi connectivity index (χ0v) is 17.0. The van der Waals surface area contributed by atoms with Gasteiger partial charge < -0.3 is 13.9 Å². The van der Waals surface area contributed by atoms with Crippen molar-refractivity contribution in [2.24, 2.45) is 0 Å². The Morgan fingerprint density at radius 1 is 1.13 bits per heavy atom. The molecule has 0 amide bonds. The third kappa shape index (κ3) is 3.35. The molecule has 3 aromatic rings. The van der Waals surface area contributed by atoms with Crippen molar-refractivity contribution in [2.75, 3.05) is 6.73 Å². The average molecular weight is 482 g/mol. The highest BCUT2D eigenvalue weighted by atomic mass is 79.9. The second kappa shape index (κ2) is 7.02. The molecule has 156 valence electrons. The number of nitrogens with zero attached hydrogens (tertiary/aromatic N) is 1. The van der Waals surface area contributed by atoms with Gasteiger partial charge in [0.05, 0.1) is 15.4 Å². The summed E-state index contributed by atoms with van der Waals surface area (Å²) in [6.07, 6.45) is -2.88. The molecule has 1 aromatic heterocycles. The monoisotopic (exact) mass is 481 g/mol. The molecule has 5 rings (SSSR count). The predicted molar refractivity (Wildman–Crippen MR) is 106 cm³/mol. The smallest absolute Gasteiger partial charge is 0.453 e. The Morgan fingerprint density at radius 3 is 2.60 bits per heavy atom. The van der Waals surface area contributed by atoms with Crippen LogP contribution in [0.1, 0.15) is 24.2 Å². The highest BCUT2D eigenvalue weighted by Crippen LogP contribution is 2.42. The van der Waals surface area contributed by atoms with E-state index in [1.54, 1.807) is 24.3 Å². The van der Waals surface area contributed by atoms with E-state index in [1.807, 2.05) is 4.90 Å². The highest BCUT2D eigenvalue weighted by Gasteiger charge is 2.41. The van der Waals surface area contributed by atoms with Crippen molar-refractivity contribution in [3.63, 3.8) is 0 Å². The second-order valence-corrected chi connectivity index (χ2v) is 8.14. The number of halogens is 4. The molecule has 1 saturated carbocycles. The molecule has 1 fully saturated rings. The first-order chi connectivity index (χ1) is 14.3. The molecule has 0 radical (unpaired) electrons. The fourth-order valence-electron chi connectivity index (χ4n) is 3.56. The number of alkyl halides is 3. The summed E-state index contributed by atoms with van der Waals surface area (Å²) in [5.74, 6) is -1.85. The van der Waals surface area contributed by atoms with Crippen molar-refractivity contribution >= 4 is 26.9 Å². The average Bonchev–Trinajstić information content (AvgIpc) is 3.55. The van der Waals surface area contributed by atoms with Crippen molar-refractivity contribution < 1.29 is 27.1 Å². The lowest BCUT2D eigenvalue weighted by molar-refractivity contribution is -0.154. The number of para-hydroxylation sites is 1. The van der Waals surface area contributed by atoms with Gasteiger partial charge in [-0.2, -0.15) is 13.2 Å². The van der Waals surface area contributed by atoms with Gasteiger partial charge in [0.1, 0.15) is 23.8 Å². The second-order valence-electron chi connectivity index (χ2n) is 7.29. The number of rotatable bonds is 3. The van der Waals surface area contributed by atoms with Crippen molar-refractivity contribution in [2.45, 2.75) is 31.6 Å². The van der Waals surface area contributed by atoms with Crippen LogP contribution < -0.4 is 14.9 Å². The summed E-state index contributed by atoms with van der Waals surface area (Å²) in [5.41, 5.74) is -0.555. The topological polar surface area (TPSA) is 51.9 Å². The Morgan fingerprint density at radius 2 is 1.90 bits per heavy atom. The van der Waals surface area contributed by atoms with Gasteiger partial charge in [0.25, 0.3) is 5.76 Å². The third-order valence-electron chi connectivity index (χ3n) is 5.20. The highest BCUT2D eigenvalue weighted by molar-refractivity contribution is 9.10. The van der Waals surface area contributed by atoms with E-state index < -0.39 is 23.1 Å². The maximum absolute atomic E-state index is 13.8. The van der Waals surface area contributed by atoms with Crippen LogP contribution in [-0.4, -0.2) is 17.7 Å². The van der Waals surface area contributed by atoms with E-state index in [0.29, 0.717) is 35.1 Å². The third-order valence-corrected chi connectivity index (χ3v) is 5.85. The largest absolute Gasteiger partial charge is 0.478 e. The van der Waals surface area contributed by atoms with E-state index >= 15 is 0 Å². The first kappa shape index (κ1) is 19.4. The van der Waals surface area contributed by atoms with Crippen LogP contribution in [0, 0.1) is 0 Å². The molecule has 1 aliphatic carbocycles. The van der Waals surface area contributed by atoms with E-state index in [-0.39, 0.29) is 16.7 Å². The van der Waals surface area contributed by atoms with Crippen LogP contribution in [0.25, 0.3) is 11.0 Å². The fourth-order valence-corrected chi connectivity index (χ4v) is 3.92. The minimum absolute atomic E-state index is 0.0186. The van der Waals surface area contributed by atoms with Crippen LogP contribution in [0.15, 0.2) is 50.1 Å². The quantitative estimate of drug-likeness (QED) is 0.481. The zero-order valence-electron chi connectivity index (χ0n) is 15.5. The lowest BCUT2D eigenvalue weighted by atomic mass is 10.1. The van der Waals surface area contributed by atoms with Gasteiger partial charge in [-0.1, -0.05) is 12.1 Å². The molecule has 2 aromatic carbocycles. The van der Waals surface area contributed by atoms with Crippen LogP contribution in [0.5, 0.6) is 17.2 Å². The van der Waals surface area contributed by atoms with E-state index in [2.05, 4.69) is 15.9 Å². The number of fused-ring (bicyclic) bond motifs is 3. The van der Waals surface area contributed by atoms with Gasteiger partial charge in [0.2, 0.25) is 11.2 Å². The van der Waals surface area contributed by atoms with Gasteiger partial charge in [-0.05, 0) is 53.0 Å². The number of benzene rings is 2. The fraction of sp³-hybridized carbons (Fsp3) is 0.286. The molecule has 2 heterocycles. The molecular formula is C21H15BrF3NO4. The molecule has 2 aliphatic rings. The maximum Gasteiger partial charge on any atom is 0.453 e. The number of hydrogen-bond acceptors (Lipinski definition) is 5. The molecule has 0 saturated heterocycles. The molecule has 9 heteroatoms. The van der Waals surface area contributed by atoms with E-state index in [4.69, 9.17) is 13.9 Å². The zero-order chi connectivity index (χ0) is 21.0. The van der Waals surface area contributed by atoms with Gasteiger partial charge in [0, 0.05) is 12.6 Å². The molecule has 0 atom stereocenters. The lowest BCUT2D eigenvalue weighted by Crippen LogP contribution is -2.34. The standard InChI is InChI=1S/C21H15BrF3NO4/c22-14-3-1-2-4-16(14)29-19-17(27)12-7-8-15-13(9-26(10-28-15)11-5-6-11)18(12)30-20(19)21(23,24)25/h1-4,7-8,11H,5-6,9-10H2. The summed E-state index contributed by atoms with van der Waals surface area (Å²) >= 11 is 3.22. The Kier molecular flexibility index (Phi) is 4.55. The van der Waals surface area contributed by atoms with E-state index in [0.717, 1.165) is 12.8 Å². The molecule has 5 nitrogen and oxygen atoms in total. The van der Waals surface area contributed by atoms with Crippen LogP contribution in [0.3, 0.4) is 0 Å². The van der Waals surface area contributed by atoms with Crippen LogP contribution >= 0.6 is 15.9 Å². The normalized spacial score (nSPS) is 16.9. The van der Waals surface area contributed by atoms with Crippen LogP contribution in [0.2, 0.25) is 0 Å². The van der Waals surface area contributed by atoms with Gasteiger partial charge >= 0.3 is 6.18 Å². The van der Waals surface area contributed by atoms with Crippen LogP contribution in [0.4, 0.5) is 13.2 Å². The lowest BCUT2D eigenvalue weighted by Gasteiger charge is -2.29. The van der Waals surface area contributed by atoms with Gasteiger partial charge in [-0.3, -0.25) is 9.69 Å². The molecule has 0 N–H and O–H groups in total. The first-order valence-corrected chi connectivity index (χ1v) is 10.1. The molecule has 0 unspecified atom stereocenters. The Balaban J connectivity index is 1.70. The number of ether oxygens (including phenoxy) is 2. The summed E-state index contributed by atoms with van der Waals surface area (Å²) in [7, 11) is 0. The molecule has 0 spiro atoms. The minimum Gasteiger partial charge on any atom is -0.478 e. The van der Waals surface area contributed by atoms with Crippen molar-refractivity contribution in [3.8, 4) is 17.2 Å². The van der Waals surface area contributed by atoms with Gasteiger partial charge in [-0.25, -0.2) is 0 Å². The van der Waals surface area contributed by atoms with Crippen molar-refractivity contribution in [3.05, 3.63) is 62.4 Å². The Hall–Kier alpha value is -2.52. The van der Waals surface area contributed by atoms with Crippen LogP contribution in [-0.2, 0) is 12.7 Å². The Labute approximate surface area is 177 Å². The predicted octanol–water partition coefficient (Wildman–Crippen LogP) is 5.68. The summed E-state index contributed by atoms with van der Waals surface area (Å²) in [6, 6.07) is 9.69. The van der Waals surface area contributed by atoms with Gasteiger partial charge in [0.15, 0.2) is 0 Å². The first-order valence-electron chi connectivity index (χ1n) is 9.32. The maximum atomic E-state index is 13.8. The van der Waals surface area contributed by atoms with Crippen molar-refractivity contribution in [1.29, 1.82) is 0 Å². The Bertz CT molecular complexity index is 1200.